The van der Waals surface area contributed by atoms with E-state index in [1.807, 2.05) is 13.8 Å². The highest BCUT2D eigenvalue weighted by atomic mass is 32.1. The minimum Gasteiger partial charge on any atom is -0.144 e. The third-order valence-corrected chi connectivity index (χ3v) is 2.72. The molecule has 0 aliphatic carbocycles. The van der Waals surface area contributed by atoms with E-state index in [0.29, 0.717) is 0 Å². The summed E-state index contributed by atoms with van der Waals surface area (Å²) >= 11 is 1.76. The van der Waals surface area contributed by atoms with Crippen LogP contribution in [-0.4, -0.2) is 0 Å². The maximum atomic E-state index is 5.23. The molecule has 14 heavy (non-hydrogen) atoms. The molecule has 0 aliphatic heterocycles. The van der Waals surface area contributed by atoms with Crippen LogP contribution in [0.5, 0.6) is 0 Å². The van der Waals surface area contributed by atoms with E-state index in [2.05, 4.69) is 35.6 Å². The third kappa shape index (κ3) is 2.37. The van der Waals surface area contributed by atoms with Gasteiger partial charge in [0, 0.05) is 11.1 Å². The molecular formula is C13H14S. The SMILES string of the molecule is C#CCc1ccc2sccc2c1.CC. The second kappa shape index (κ2) is 5.47. The van der Waals surface area contributed by atoms with Crippen molar-refractivity contribution in [3.63, 3.8) is 0 Å². The summed E-state index contributed by atoms with van der Waals surface area (Å²) in [5.74, 6) is 2.64. The summed E-state index contributed by atoms with van der Waals surface area (Å²) in [6.07, 6.45) is 5.96. The lowest BCUT2D eigenvalue weighted by molar-refractivity contribution is 1.34. The largest absolute Gasteiger partial charge is 0.144 e. The van der Waals surface area contributed by atoms with Gasteiger partial charge in [-0.05, 0) is 34.5 Å². The molecule has 2 aromatic rings. The standard InChI is InChI=1S/C11H8S.C2H6/c1-2-3-9-4-5-11-10(8-9)6-7-12-11;1-2/h1,4-8H,3H2;1-2H3. The second-order valence-electron chi connectivity index (χ2n) is 2.67. The molecule has 0 bridgehead atoms. The van der Waals surface area contributed by atoms with Crippen LogP contribution < -0.4 is 0 Å². The Morgan fingerprint density at radius 3 is 2.79 bits per heavy atom. The Morgan fingerprint density at radius 1 is 1.29 bits per heavy atom. The van der Waals surface area contributed by atoms with E-state index in [1.54, 1.807) is 11.3 Å². The normalized spacial score (nSPS) is 8.93. The Bertz CT molecular complexity index is 432. The number of terminal acetylenes is 1. The van der Waals surface area contributed by atoms with Crippen molar-refractivity contribution in [2.45, 2.75) is 20.3 Å². The van der Waals surface area contributed by atoms with Gasteiger partial charge in [-0.25, -0.2) is 0 Å². The fourth-order valence-corrected chi connectivity index (χ4v) is 2.01. The summed E-state index contributed by atoms with van der Waals surface area (Å²) in [6, 6.07) is 8.51. The summed E-state index contributed by atoms with van der Waals surface area (Å²) < 4.78 is 1.33. The second-order valence-corrected chi connectivity index (χ2v) is 3.62. The van der Waals surface area contributed by atoms with Crippen LogP contribution in [0.2, 0.25) is 0 Å². The van der Waals surface area contributed by atoms with Crippen molar-refractivity contribution in [1.29, 1.82) is 0 Å². The average Bonchev–Trinajstić information content (AvgIpc) is 2.68. The van der Waals surface area contributed by atoms with E-state index in [4.69, 9.17) is 6.42 Å². The summed E-state index contributed by atoms with van der Waals surface area (Å²) in [6.45, 7) is 4.00. The van der Waals surface area contributed by atoms with E-state index < -0.39 is 0 Å². The molecule has 0 saturated heterocycles. The third-order valence-electron chi connectivity index (χ3n) is 1.82. The molecule has 0 atom stereocenters. The Balaban J connectivity index is 0.000000461. The summed E-state index contributed by atoms with van der Waals surface area (Å²) in [5, 5.41) is 3.40. The first-order chi connectivity index (χ1) is 6.90. The quantitative estimate of drug-likeness (QED) is 0.611. The smallest absolute Gasteiger partial charge is 0.0342 e. The number of fused-ring (bicyclic) bond motifs is 1. The van der Waals surface area contributed by atoms with Gasteiger partial charge in [0.25, 0.3) is 0 Å². The first-order valence-electron chi connectivity index (χ1n) is 4.80. The van der Waals surface area contributed by atoms with Crippen molar-refractivity contribution in [2.24, 2.45) is 0 Å². The van der Waals surface area contributed by atoms with E-state index in [1.165, 1.54) is 15.6 Å². The van der Waals surface area contributed by atoms with Crippen LogP contribution in [-0.2, 0) is 6.42 Å². The van der Waals surface area contributed by atoms with E-state index >= 15 is 0 Å². The first kappa shape index (κ1) is 10.8. The zero-order chi connectivity index (χ0) is 10.4. The van der Waals surface area contributed by atoms with Crippen LogP contribution in [0, 0.1) is 12.3 Å². The molecule has 1 aromatic heterocycles. The van der Waals surface area contributed by atoms with Crippen LogP contribution in [0.4, 0.5) is 0 Å². The molecule has 0 N–H and O–H groups in total. The Hall–Kier alpha value is -1.26. The van der Waals surface area contributed by atoms with Crippen molar-refractivity contribution in [3.05, 3.63) is 35.2 Å². The number of thiophene rings is 1. The van der Waals surface area contributed by atoms with Gasteiger partial charge in [0.15, 0.2) is 0 Å². The molecule has 0 radical (unpaired) electrons. The minimum atomic E-state index is 0.728. The van der Waals surface area contributed by atoms with E-state index in [0.717, 1.165) is 6.42 Å². The van der Waals surface area contributed by atoms with Crippen molar-refractivity contribution < 1.29 is 0 Å². The minimum absolute atomic E-state index is 0.728. The van der Waals surface area contributed by atoms with Crippen molar-refractivity contribution in [2.75, 3.05) is 0 Å². The first-order valence-corrected chi connectivity index (χ1v) is 5.68. The van der Waals surface area contributed by atoms with Gasteiger partial charge in [0.2, 0.25) is 0 Å². The highest BCUT2D eigenvalue weighted by Gasteiger charge is 1.95. The van der Waals surface area contributed by atoms with Crippen LogP contribution in [0.25, 0.3) is 10.1 Å². The molecule has 0 spiro atoms. The predicted octanol–water partition coefficient (Wildman–Crippen LogP) is 4.10. The van der Waals surface area contributed by atoms with Gasteiger partial charge in [-0.2, -0.15) is 0 Å². The van der Waals surface area contributed by atoms with Crippen LogP contribution >= 0.6 is 11.3 Å². The molecule has 2 rings (SSSR count). The van der Waals surface area contributed by atoms with Crippen LogP contribution in [0.15, 0.2) is 29.6 Å². The number of hydrogen-bond donors (Lipinski definition) is 0. The molecular weight excluding hydrogens is 188 g/mol. The molecule has 1 heterocycles. The summed E-state index contributed by atoms with van der Waals surface area (Å²) in [5.41, 5.74) is 1.23. The molecule has 0 saturated carbocycles. The van der Waals surface area contributed by atoms with Gasteiger partial charge in [0.05, 0.1) is 0 Å². The number of rotatable bonds is 1. The van der Waals surface area contributed by atoms with Crippen molar-refractivity contribution >= 4 is 21.4 Å². The highest BCUT2D eigenvalue weighted by molar-refractivity contribution is 7.17. The molecule has 1 aromatic carbocycles. The Labute approximate surface area is 89.6 Å². The van der Waals surface area contributed by atoms with E-state index in [9.17, 15) is 0 Å². The van der Waals surface area contributed by atoms with Gasteiger partial charge in [-0.3, -0.25) is 0 Å². The van der Waals surface area contributed by atoms with Gasteiger partial charge < -0.3 is 0 Å². The van der Waals surface area contributed by atoms with Crippen LogP contribution in [0.1, 0.15) is 19.4 Å². The fraction of sp³-hybridized carbons (Fsp3) is 0.231. The summed E-state index contributed by atoms with van der Waals surface area (Å²) in [4.78, 5) is 0. The monoisotopic (exact) mass is 202 g/mol. The number of benzene rings is 1. The Morgan fingerprint density at radius 2 is 2.07 bits per heavy atom. The maximum Gasteiger partial charge on any atom is 0.0342 e. The van der Waals surface area contributed by atoms with Crippen molar-refractivity contribution in [3.8, 4) is 12.3 Å². The van der Waals surface area contributed by atoms with Crippen molar-refractivity contribution in [1.82, 2.24) is 0 Å². The van der Waals surface area contributed by atoms with Gasteiger partial charge in [-0.1, -0.05) is 19.9 Å². The molecule has 0 nitrogen and oxygen atoms in total. The fourth-order valence-electron chi connectivity index (χ4n) is 1.24. The lowest BCUT2D eigenvalue weighted by Crippen LogP contribution is -1.78. The lowest BCUT2D eigenvalue weighted by atomic mass is 10.1. The highest BCUT2D eigenvalue weighted by Crippen LogP contribution is 2.21. The molecule has 0 unspecified atom stereocenters. The zero-order valence-electron chi connectivity index (χ0n) is 8.58. The zero-order valence-corrected chi connectivity index (χ0v) is 9.40. The molecule has 0 aliphatic rings. The van der Waals surface area contributed by atoms with Gasteiger partial charge in [-0.15, -0.1) is 23.7 Å². The van der Waals surface area contributed by atoms with E-state index in [-0.39, 0.29) is 0 Å². The topological polar surface area (TPSA) is 0 Å². The molecule has 1 heteroatoms. The van der Waals surface area contributed by atoms with Gasteiger partial charge in [0.1, 0.15) is 0 Å². The van der Waals surface area contributed by atoms with Gasteiger partial charge >= 0.3 is 0 Å². The summed E-state index contributed by atoms with van der Waals surface area (Å²) in [7, 11) is 0. The predicted molar refractivity (Wildman–Crippen MR) is 65.7 cm³/mol. The molecule has 0 amide bonds. The average molecular weight is 202 g/mol. The Kier molecular flexibility index (Phi) is 4.22. The van der Waals surface area contributed by atoms with Crippen LogP contribution in [0.3, 0.4) is 0 Å². The molecule has 0 fully saturated rings. The number of hydrogen-bond acceptors (Lipinski definition) is 1. The molecule has 72 valence electrons. The maximum absolute atomic E-state index is 5.23. The lowest BCUT2D eigenvalue weighted by Gasteiger charge is -1.94.